The second kappa shape index (κ2) is 8.95. The lowest BCUT2D eigenvalue weighted by atomic mass is 10.1. The first-order valence-electron chi connectivity index (χ1n) is 6.72. The van der Waals surface area contributed by atoms with Crippen molar-refractivity contribution in [2.24, 2.45) is 0 Å². The van der Waals surface area contributed by atoms with Crippen LogP contribution in [0.2, 0.25) is 0 Å². The van der Waals surface area contributed by atoms with Gasteiger partial charge in [-0.2, -0.15) is 0 Å². The van der Waals surface area contributed by atoms with Crippen LogP contribution in [-0.2, 0) is 11.2 Å². The summed E-state index contributed by atoms with van der Waals surface area (Å²) in [5.41, 5.74) is 1.28. The molecule has 0 bridgehead atoms. The van der Waals surface area contributed by atoms with Gasteiger partial charge in [-0.1, -0.05) is 12.1 Å². The molecule has 0 aliphatic rings. The van der Waals surface area contributed by atoms with Crippen molar-refractivity contribution >= 4 is 0 Å². The summed E-state index contributed by atoms with van der Waals surface area (Å²) in [4.78, 5) is 0. The Labute approximate surface area is 110 Å². The second-order valence-electron chi connectivity index (χ2n) is 4.76. The molecule has 0 radical (unpaired) electrons. The summed E-state index contributed by atoms with van der Waals surface area (Å²) in [5, 5.41) is 12.7. The van der Waals surface area contributed by atoms with E-state index in [2.05, 4.69) is 12.2 Å². The molecular weight excluding hydrogens is 226 g/mol. The Morgan fingerprint density at radius 1 is 1.22 bits per heavy atom. The lowest BCUT2D eigenvalue weighted by Crippen LogP contribution is -2.27. The smallest absolute Gasteiger partial charge is 0.115 e. The summed E-state index contributed by atoms with van der Waals surface area (Å²) in [6.45, 7) is 4.13. The van der Waals surface area contributed by atoms with Crippen LogP contribution in [0.3, 0.4) is 0 Å². The molecule has 1 unspecified atom stereocenters. The number of ether oxygens (including phenoxy) is 1. The zero-order valence-electron chi connectivity index (χ0n) is 11.5. The van der Waals surface area contributed by atoms with Gasteiger partial charge in [-0.15, -0.1) is 0 Å². The van der Waals surface area contributed by atoms with Crippen LogP contribution in [0.25, 0.3) is 0 Å². The van der Waals surface area contributed by atoms with Gasteiger partial charge in [0.2, 0.25) is 0 Å². The van der Waals surface area contributed by atoms with E-state index < -0.39 is 0 Å². The number of aryl methyl sites for hydroxylation is 1. The normalized spacial score (nSPS) is 12.6. The van der Waals surface area contributed by atoms with E-state index in [1.54, 1.807) is 19.2 Å². The van der Waals surface area contributed by atoms with Crippen LogP contribution in [0.4, 0.5) is 0 Å². The van der Waals surface area contributed by atoms with Gasteiger partial charge in [0, 0.05) is 19.8 Å². The van der Waals surface area contributed by atoms with Crippen molar-refractivity contribution in [3.05, 3.63) is 29.8 Å². The summed E-state index contributed by atoms with van der Waals surface area (Å²) < 4.78 is 5.02. The molecule has 2 N–H and O–H groups in total. The fourth-order valence-electron chi connectivity index (χ4n) is 1.87. The minimum absolute atomic E-state index is 0.336. The Morgan fingerprint density at radius 3 is 2.61 bits per heavy atom. The van der Waals surface area contributed by atoms with Gasteiger partial charge in [-0.3, -0.25) is 0 Å². The molecule has 0 amide bonds. The van der Waals surface area contributed by atoms with Crippen molar-refractivity contribution in [1.82, 2.24) is 5.32 Å². The van der Waals surface area contributed by atoms with Gasteiger partial charge in [-0.05, 0) is 56.8 Å². The van der Waals surface area contributed by atoms with E-state index in [1.807, 2.05) is 12.1 Å². The molecule has 1 aromatic carbocycles. The molecular formula is C15H25NO2. The number of aromatic hydroxyl groups is 1. The Kier molecular flexibility index (Phi) is 7.46. The monoisotopic (exact) mass is 251 g/mol. The van der Waals surface area contributed by atoms with Gasteiger partial charge in [0.05, 0.1) is 0 Å². The molecule has 18 heavy (non-hydrogen) atoms. The van der Waals surface area contributed by atoms with Crippen LogP contribution in [0.5, 0.6) is 5.75 Å². The zero-order valence-corrected chi connectivity index (χ0v) is 11.5. The Bertz CT molecular complexity index is 311. The highest BCUT2D eigenvalue weighted by molar-refractivity contribution is 5.25. The molecule has 0 saturated carbocycles. The second-order valence-corrected chi connectivity index (χ2v) is 4.76. The molecule has 102 valence electrons. The molecule has 0 fully saturated rings. The molecule has 3 nitrogen and oxygen atoms in total. The average molecular weight is 251 g/mol. The van der Waals surface area contributed by atoms with Gasteiger partial charge in [-0.25, -0.2) is 0 Å². The highest BCUT2D eigenvalue weighted by atomic mass is 16.5. The van der Waals surface area contributed by atoms with Crippen LogP contribution in [0.15, 0.2) is 24.3 Å². The molecule has 0 aromatic heterocycles. The minimum Gasteiger partial charge on any atom is -0.508 e. The van der Waals surface area contributed by atoms with E-state index in [0.717, 1.165) is 38.8 Å². The van der Waals surface area contributed by atoms with Gasteiger partial charge >= 0.3 is 0 Å². The van der Waals surface area contributed by atoms with Crippen LogP contribution < -0.4 is 5.32 Å². The van der Waals surface area contributed by atoms with Crippen molar-refractivity contribution in [1.29, 1.82) is 0 Å². The molecule has 1 aromatic rings. The Morgan fingerprint density at radius 2 is 1.94 bits per heavy atom. The third-order valence-electron chi connectivity index (χ3n) is 3.07. The molecule has 0 aliphatic heterocycles. The lowest BCUT2D eigenvalue weighted by Gasteiger charge is -2.13. The summed E-state index contributed by atoms with van der Waals surface area (Å²) in [6, 6.07) is 8.00. The highest BCUT2D eigenvalue weighted by Crippen LogP contribution is 2.11. The molecule has 1 rings (SSSR count). The topological polar surface area (TPSA) is 41.5 Å². The minimum atomic E-state index is 0.336. The fraction of sp³-hybridized carbons (Fsp3) is 0.600. The van der Waals surface area contributed by atoms with E-state index in [1.165, 1.54) is 5.56 Å². The number of hydrogen-bond donors (Lipinski definition) is 2. The molecule has 0 saturated heterocycles. The number of unbranched alkanes of at least 4 members (excludes halogenated alkanes) is 1. The number of nitrogens with one attached hydrogen (secondary N) is 1. The molecule has 3 heteroatoms. The van der Waals surface area contributed by atoms with Crippen molar-refractivity contribution in [2.75, 3.05) is 20.3 Å². The number of rotatable bonds is 9. The molecule has 0 spiro atoms. The van der Waals surface area contributed by atoms with E-state index in [4.69, 9.17) is 4.74 Å². The van der Waals surface area contributed by atoms with Crippen LogP contribution in [0.1, 0.15) is 31.7 Å². The van der Waals surface area contributed by atoms with E-state index in [9.17, 15) is 5.11 Å². The van der Waals surface area contributed by atoms with Gasteiger partial charge in [0.25, 0.3) is 0 Å². The zero-order chi connectivity index (χ0) is 13.2. The predicted molar refractivity (Wildman–Crippen MR) is 75.0 cm³/mol. The largest absolute Gasteiger partial charge is 0.508 e. The van der Waals surface area contributed by atoms with Crippen molar-refractivity contribution < 1.29 is 9.84 Å². The van der Waals surface area contributed by atoms with Gasteiger partial charge in [0.1, 0.15) is 5.75 Å². The number of methoxy groups -OCH3 is 1. The third-order valence-corrected chi connectivity index (χ3v) is 3.07. The first-order chi connectivity index (χ1) is 8.72. The summed E-state index contributed by atoms with van der Waals surface area (Å²) in [7, 11) is 1.74. The van der Waals surface area contributed by atoms with Crippen molar-refractivity contribution in [3.8, 4) is 5.75 Å². The van der Waals surface area contributed by atoms with E-state index in [-0.39, 0.29) is 0 Å². The van der Waals surface area contributed by atoms with Crippen molar-refractivity contribution in [3.63, 3.8) is 0 Å². The number of benzene rings is 1. The SMILES string of the molecule is COCCCCNC(C)CCc1ccc(O)cc1. The van der Waals surface area contributed by atoms with Crippen LogP contribution >= 0.6 is 0 Å². The maximum Gasteiger partial charge on any atom is 0.115 e. The maximum absolute atomic E-state index is 9.20. The first kappa shape index (κ1) is 15.0. The lowest BCUT2D eigenvalue weighted by molar-refractivity contribution is 0.192. The number of phenolic OH excluding ortho intramolecular Hbond substituents is 1. The van der Waals surface area contributed by atoms with Crippen LogP contribution in [-0.4, -0.2) is 31.4 Å². The number of phenols is 1. The van der Waals surface area contributed by atoms with E-state index in [0.29, 0.717) is 11.8 Å². The third kappa shape index (κ3) is 6.62. The summed E-state index contributed by atoms with van der Waals surface area (Å²) in [5.74, 6) is 0.336. The molecule has 1 atom stereocenters. The molecule has 0 heterocycles. The standard InChI is InChI=1S/C15H25NO2/c1-13(16-11-3-4-12-18-2)5-6-14-7-9-15(17)10-8-14/h7-10,13,16-17H,3-6,11-12H2,1-2H3. The molecule has 0 aliphatic carbocycles. The Balaban J connectivity index is 2.09. The van der Waals surface area contributed by atoms with Crippen LogP contribution in [0, 0.1) is 0 Å². The van der Waals surface area contributed by atoms with E-state index >= 15 is 0 Å². The number of hydrogen-bond acceptors (Lipinski definition) is 3. The summed E-state index contributed by atoms with van der Waals surface area (Å²) >= 11 is 0. The Hall–Kier alpha value is -1.06. The average Bonchev–Trinajstić information content (AvgIpc) is 2.38. The predicted octanol–water partition coefficient (Wildman–Crippen LogP) is 2.73. The highest BCUT2D eigenvalue weighted by Gasteiger charge is 2.01. The van der Waals surface area contributed by atoms with Gasteiger partial charge < -0.3 is 15.2 Å². The fourth-order valence-corrected chi connectivity index (χ4v) is 1.87. The van der Waals surface area contributed by atoms with Gasteiger partial charge in [0.15, 0.2) is 0 Å². The van der Waals surface area contributed by atoms with Crippen molar-refractivity contribution in [2.45, 2.75) is 38.6 Å². The summed E-state index contributed by atoms with van der Waals surface area (Å²) in [6.07, 6.45) is 4.45. The quantitative estimate of drug-likeness (QED) is 0.663. The maximum atomic E-state index is 9.20. The first-order valence-corrected chi connectivity index (χ1v) is 6.72.